The van der Waals surface area contributed by atoms with Crippen LogP contribution in [-0.2, 0) is 4.79 Å². The lowest BCUT2D eigenvalue weighted by Gasteiger charge is -2.10. The van der Waals surface area contributed by atoms with E-state index in [0.717, 1.165) is 32.5 Å². The Kier molecular flexibility index (Phi) is 6.61. The first-order valence-corrected chi connectivity index (χ1v) is 9.69. The molecule has 0 aromatic heterocycles. The molecule has 0 heterocycles. The van der Waals surface area contributed by atoms with Crippen LogP contribution >= 0.6 is 15.9 Å². The van der Waals surface area contributed by atoms with E-state index in [1.807, 2.05) is 80.6 Å². The largest absolute Gasteiger partial charge is 0.483 e. The summed E-state index contributed by atoms with van der Waals surface area (Å²) >= 11 is 3.50. The van der Waals surface area contributed by atoms with Crippen molar-refractivity contribution in [1.82, 2.24) is 0 Å². The molecule has 4 nitrogen and oxygen atoms in total. The lowest BCUT2D eigenvalue weighted by atomic mass is 10.2. The monoisotopic (exact) mass is 436 g/mol. The van der Waals surface area contributed by atoms with Gasteiger partial charge < -0.3 is 10.1 Å². The van der Waals surface area contributed by atoms with Crippen LogP contribution in [0, 0.1) is 13.8 Å². The molecule has 142 valence electrons. The number of benzene rings is 3. The number of nitrogens with zero attached hydrogens (tertiary/aromatic N) is 1. The fourth-order valence-corrected chi connectivity index (χ4v) is 3.14. The molecule has 5 heteroatoms. The van der Waals surface area contributed by atoms with E-state index in [9.17, 15) is 4.79 Å². The molecule has 0 saturated heterocycles. The maximum atomic E-state index is 12.1. The topological polar surface area (TPSA) is 50.7 Å². The summed E-state index contributed by atoms with van der Waals surface area (Å²) in [4.78, 5) is 16.6. The van der Waals surface area contributed by atoms with Gasteiger partial charge in [0, 0.05) is 11.9 Å². The van der Waals surface area contributed by atoms with Crippen molar-refractivity contribution in [2.24, 2.45) is 4.99 Å². The van der Waals surface area contributed by atoms with Crippen molar-refractivity contribution in [3.63, 3.8) is 0 Å². The third-order valence-corrected chi connectivity index (χ3v) is 4.70. The van der Waals surface area contributed by atoms with Gasteiger partial charge >= 0.3 is 0 Å². The van der Waals surface area contributed by atoms with E-state index >= 15 is 0 Å². The minimum absolute atomic E-state index is 0.0663. The number of amides is 1. The number of para-hydroxylation sites is 1. The van der Waals surface area contributed by atoms with Crippen molar-refractivity contribution in [3.8, 4) is 5.75 Å². The van der Waals surface area contributed by atoms with Gasteiger partial charge in [-0.2, -0.15) is 0 Å². The molecular weight excluding hydrogens is 416 g/mol. The third-order valence-electron chi connectivity index (χ3n) is 4.08. The van der Waals surface area contributed by atoms with E-state index in [0.29, 0.717) is 5.75 Å². The second-order valence-electron chi connectivity index (χ2n) is 6.44. The molecule has 3 rings (SSSR count). The highest BCUT2D eigenvalue weighted by Crippen LogP contribution is 2.26. The summed E-state index contributed by atoms with van der Waals surface area (Å²) in [6, 6.07) is 21.2. The number of hydrogen-bond donors (Lipinski definition) is 1. The minimum Gasteiger partial charge on any atom is -0.483 e. The number of ether oxygens (including phenoxy) is 1. The average Bonchev–Trinajstić information content (AvgIpc) is 2.66. The van der Waals surface area contributed by atoms with Crippen LogP contribution in [0.5, 0.6) is 5.75 Å². The fraction of sp³-hybridized carbons (Fsp3) is 0.130. The van der Waals surface area contributed by atoms with E-state index in [4.69, 9.17) is 4.74 Å². The standard InChI is InChI=1S/C23H21BrN2O2/c1-16-6-5-8-19(12-16)26-23(27)15-28-22-11-10-18(13-20(22)24)14-25-21-9-4-3-7-17(21)2/h3-14H,15H2,1-2H3,(H,26,27). The van der Waals surface area contributed by atoms with E-state index < -0.39 is 0 Å². The lowest BCUT2D eigenvalue weighted by Crippen LogP contribution is -2.20. The van der Waals surface area contributed by atoms with Crippen LogP contribution in [0.25, 0.3) is 0 Å². The van der Waals surface area contributed by atoms with Crippen molar-refractivity contribution in [2.45, 2.75) is 13.8 Å². The first-order chi connectivity index (χ1) is 13.5. The summed E-state index contributed by atoms with van der Waals surface area (Å²) < 4.78 is 6.40. The van der Waals surface area contributed by atoms with Crippen LogP contribution in [0.4, 0.5) is 11.4 Å². The molecule has 3 aromatic rings. The predicted octanol–water partition coefficient (Wildman–Crippen LogP) is 5.83. The third kappa shape index (κ3) is 5.54. The van der Waals surface area contributed by atoms with Crippen LogP contribution < -0.4 is 10.1 Å². The highest BCUT2D eigenvalue weighted by molar-refractivity contribution is 9.10. The Labute approximate surface area is 173 Å². The molecule has 28 heavy (non-hydrogen) atoms. The van der Waals surface area contributed by atoms with Crippen LogP contribution in [0.2, 0.25) is 0 Å². The first kappa shape index (κ1) is 19.8. The van der Waals surface area contributed by atoms with Crippen LogP contribution in [0.3, 0.4) is 0 Å². The van der Waals surface area contributed by atoms with E-state index in [-0.39, 0.29) is 12.5 Å². The zero-order valence-electron chi connectivity index (χ0n) is 15.8. The van der Waals surface area contributed by atoms with Crippen LogP contribution in [0.1, 0.15) is 16.7 Å². The van der Waals surface area contributed by atoms with E-state index in [1.165, 1.54) is 0 Å². The molecule has 0 saturated carbocycles. The van der Waals surface area contributed by atoms with Crippen molar-refractivity contribution < 1.29 is 9.53 Å². The highest BCUT2D eigenvalue weighted by atomic mass is 79.9. The SMILES string of the molecule is Cc1cccc(NC(=O)COc2ccc(C=Nc3ccccc3C)cc2Br)c1. The Morgan fingerprint density at radius 3 is 2.64 bits per heavy atom. The molecular formula is C23H21BrN2O2. The van der Waals surface area contributed by atoms with Gasteiger partial charge in [0.05, 0.1) is 10.2 Å². The number of aryl methyl sites for hydroxylation is 2. The maximum Gasteiger partial charge on any atom is 0.262 e. The van der Waals surface area contributed by atoms with Crippen molar-refractivity contribution in [1.29, 1.82) is 0 Å². The van der Waals surface area contributed by atoms with Crippen molar-refractivity contribution in [3.05, 3.63) is 87.9 Å². The molecule has 0 aliphatic heterocycles. The molecule has 0 unspecified atom stereocenters. The van der Waals surface area contributed by atoms with E-state index in [2.05, 4.69) is 26.2 Å². The summed E-state index contributed by atoms with van der Waals surface area (Å²) in [7, 11) is 0. The predicted molar refractivity (Wildman–Crippen MR) is 118 cm³/mol. The summed E-state index contributed by atoms with van der Waals surface area (Å²) in [6.07, 6.45) is 1.81. The zero-order valence-corrected chi connectivity index (χ0v) is 17.4. The minimum atomic E-state index is -0.206. The van der Waals surface area contributed by atoms with Crippen molar-refractivity contribution in [2.75, 3.05) is 11.9 Å². The van der Waals surface area contributed by atoms with Gasteiger partial charge in [0.25, 0.3) is 5.91 Å². The number of nitrogens with one attached hydrogen (secondary N) is 1. The number of aliphatic imine (C=N–C) groups is 1. The molecule has 3 aromatic carbocycles. The zero-order chi connectivity index (χ0) is 19.9. The summed E-state index contributed by atoms with van der Waals surface area (Å²) in [6.45, 7) is 3.94. The summed E-state index contributed by atoms with van der Waals surface area (Å²) in [5.74, 6) is 0.398. The van der Waals surface area contributed by atoms with Gasteiger partial charge in [-0.3, -0.25) is 9.79 Å². The maximum absolute atomic E-state index is 12.1. The quantitative estimate of drug-likeness (QED) is 0.493. The summed E-state index contributed by atoms with van der Waals surface area (Å²) in [5.41, 5.74) is 4.84. The Hall–Kier alpha value is -2.92. The molecule has 0 bridgehead atoms. The smallest absolute Gasteiger partial charge is 0.262 e. The van der Waals surface area contributed by atoms with Gasteiger partial charge in [0.1, 0.15) is 5.75 Å². The molecule has 0 aliphatic carbocycles. The van der Waals surface area contributed by atoms with Gasteiger partial charge in [-0.25, -0.2) is 0 Å². The Morgan fingerprint density at radius 1 is 1.07 bits per heavy atom. The van der Waals surface area contributed by atoms with Gasteiger partial charge in [0.2, 0.25) is 0 Å². The van der Waals surface area contributed by atoms with Gasteiger partial charge in [-0.15, -0.1) is 0 Å². The lowest BCUT2D eigenvalue weighted by molar-refractivity contribution is -0.118. The summed E-state index contributed by atoms with van der Waals surface area (Å²) in [5, 5.41) is 2.83. The molecule has 1 amide bonds. The number of halogens is 1. The van der Waals surface area contributed by atoms with Crippen LogP contribution in [-0.4, -0.2) is 18.7 Å². The Bertz CT molecular complexity index is 1010. The number of anilines is 1. The second kappa shape index (κ2) is 9.33. The molecule has 0 spiro atoms. The molecule has 0 radical (unpaired) electrons. The van der Waals surface area contributed by atoms with Crippen LogP contribution in [0.15, 0.2) is 76.2 Å². The molecule has 0 aliphatic rings. The fourth-order valence-electron chi connectivity index (χ4n) is 2.63. The van der Waals surface area contributed by atoms with Gasteiger partial charge in [0.15, 0.2) is 6.61 Å². The number of carbonyl (C=O) groups excluding carboxylic acids is 1. The second-order valence-corrected chi connectivity index (χ2v) is 7.30. The molecule has 0 fully saturated rings. The Balaban J connectivity index is 1.59. The van der Waals surface area contributed by atoms with Gasteiger partial charge in [-0.1, -0.05) is 30.3 Å². The molecule has 0 atom stereocenters. The normalized spacial score (nSPS) is 10.8. The number of hydrogen-bond acceptors (Lipinski definition) is 3. The van der Waals surface area contributed by atoms with E-state index in [1.54, 1.807) is 6.21 Å². The number of carbonyl (C=O) groups is 1. The molecule has 1 N–H and O–H groups in total. The highest BCUT2D eigenvalue weighted by Gasteiger charge is 2.07. The first-order valence-electron chi connectivity index (χ1n) is 8.90. The van der Waals surface area contributed by atoms with Crippen molar-refractivity contribution >= 4 is 39.4 Å². The number of rotatable bonds is 6. The van der Waals surface area contributed by atoms with Gasteiger partial charge in [-0.05, 0) is 82.9 Å². The average molecular weight is 437 g/mol. The Morgan fingerprint density at radius 2 is 1.89 bits per heavy atom.